The molecule has 0 fully saturated rings. The number of benzene rings is 1. The highest BCUT2D eigenvalue weighted by Crippen LogP contribution is 2.18. The van der Waals surface area contributed by atoms with E-state index in [2.05, 4.69) is 21.4 Å². The Balaban J connectivity index is 2.70. The normalized spacial score (nSPS) is 9.74. The molecule has 102 valence electrons. The molecule has 0 bridgehead atoms. The standard InChI is InChI=1S/C12H13BrN2O4/c13-9-4-6-10(7-5-9)15(14-8-16)11(17)2-1-3-12(18)19/h4-8H,1-3H2,(H,14,16)(H,18,19). The van der Waals surface area contributed by atoms with Crippen LogP contribution in [0.4, 0.5) is 5.69 Å². The summed E-state index contributed by atoms with van der Waals surface area (Å²) in [6, 6.07) is 6.80. The topological polar surface area (TPSA) is 86.7 Å². The molecule has 19 heavy (non-hydrogen) atoms. The second-order valence-corrected chi connectivity index (χ2v) is 4.62. The Morgan fingerprint density at radius 3 is 2.42 bits per heavy atom. The van der Waals surface area contributed by atoms with Gasteiger partial charge in [-0.15, -0.1) is 0 Å². The summed E-state index contributed by atoms with van der Waals surface area (Å²) < 4.78 is 0.848. The first-order chi connectivity index (χ1) is 9.04. The number of halogens is 1. The van der Waals surface area contributed by atoms with Crippen molar-refractivity contribution in [3.05, 3.63) is 28.7 Å². The Hall–Kier alpha value is -1.89. The lowest BCUT2D eigenvalue weighted by Gasteiger charge is -2.21. The van der Waals surface area contributed by atoms with E-state index in [9.17, 15) is 14.4 Å². The zero-order chi connectivity index (χ0) is 14.3. The lowest BCUT2D eigenvalue weighted by atomic mass is 10.2. The van der Waals surface area contributed by atoms with E-state index in [1.54, 1.807) is 24.3 Å². The molecule has 0 saturated heterocycles. The maximum Gasteiger partial charge on any atom is 0.303 e. The second-order valence-electron chi connectivity index (χ2n) is 3.70. The first kappa shape index (κ1) is 15.2. The summed E-state index contributed by atoms with van der Waals surface area (Å²) in [6.07, 6.45) is 0.586. The van der Waals surface area contributed by atoms with Gasteiger partial charge < -0.3 is 5.11 Å². The third kappa shape index (κ3) is 5.09. The van der Waals surface area contributed by atoms with E-state index in [-0.39, 0.29) is 25.2 Å². The first-order valence-corrected chi connectivity index (χ1v) is 6.34. The van der Waals surface area contributed by atoms with Crippen LogP contribution in [-0.2, 0) is 14.4 Å². The van der Waals surface area contributed by atoms with Crippen LogP contribution in [0.2, 0.25) is 0 Å². The van der Waals surface area contributed by atoms with Crippen molar-refractivity contribution in [3.63, 3.8) is 0 Å². The largest absolute Gasteiger partial charge is 0.481 e. The van der Waals surface area contributed by atoms with Gasteiger partial charge in [-0.25, -0.2) is 5.01 Å². The fraction of sp³-hybridized carbons (Fsp3) is 0.250. The van der Waals surface area contributed by atoms with Crippen molar-refractivity contribution in [2.45, 2.75) is 19.3 Å². The van der Waals surface area contributed by atoms with Crippen LogP contribution in [0.1, 0.15) is 19.3 Å². The molecule has 2 N–H and O–H groups in total. The number of nitrogens with zero attached hydrogens (tertiary/aromatic N) is 1. The van der Waals surface area contributed by atoms with Crippen LogP contribution in [0.15, 0.2) is 28.7 Å². The van der Waals surface area contributed by atoms with Gasteiger partial charge in [0.1, 0.15) is 0 Å². The number of amides is 2. The molecule has 1 aromatic carbocycles. The summed E-state index contributed by atoms with van der Waals surface area (Å²) in [5.74, 6) is -1.32. The van der Waals surface area contributed by atoms with Crippen molar-refractivity contribution in [2.75, 3.05) is 5.01 Å². The molecule has 0 saturated carbocycles. The number of anilines is 1. The highest BCUT2D eigenvalue weighted by Gasteiger charge is 2.15. The number of hydrogen-bond donors (Lipinski definition) is 2. The summed E-state index contributed by atoms with van der Waals surface area (Å²) in [5, 5.41) is 9.61. The second kappa shape index (κ2) is 7.52. The van der Waals surface area contributed by atoms with Crippen LogP contribution in [0, 0.1) is 0 Å². The summed E-state index contributed by atoms with van der Waals surface area (Å²) in [6.45, 7) is 0. The molecule has 0 radical (unpaired) electrons. The fourth-order valence-corrected chi connectivity index (χ4v) is 1.70. The number of aliphatic carboxylic acids is 1. The Morgan fingerprint density at radius 1 is 1.26 bits per heavy atom. The molecular formula is C12H13BrN2O4. The predicted molar refractivity (Wildman–Crippen MR) is 72.3 cm³/mol. The van der Waals surface area contributed by atoms with E-state index in [1.165, 1.54) is 0 Å². The lowest BCUT2D eigenvalue weighted by Crippen LogP contribution is -2.42. The van der Waals surface area contributed by atoms with Crippen LogP contribution in [0.25, 0.3) is 0 Å². The summed E-state index contributed by atoms with van der Waals surface area (Å²) in [5.41, 5.74) is 2.81. The van der Waals surface area contributed by atoms with Gasteiger partial charge in [0.15, 0.2) is 0 Å². The molecule has 0 aliphatic heterocycles. The van der Waals surface area contributed by atoms with E-state index in [0.29, 0.717) is 12.1 Å². The van der Waals surface area contributed by atoms with Gasteiger partial charge >= 0.3 is 5.97 Å². The highest BCUT2D eigenvalue weighted by molar-refractivity contribution is 9.10. The van der Waals surface area contributed by atoms with E-state index >= 15 is 0 Å². The van der Waals surface area contributed by atoms with Gasteiger partial charge in [-0.2, -0.15) is 0 Å². The van der Waals surface area contributed by atoms with Gasteiger partial charge in [-0.05, 0) is 30.7 Å². The molecule has 0 aromatic heterocycles. The summed E-state index contributed by atoms with van der Waals surface area (Å²) in [7, 11) is 0. The van der Waals surface area contributed by atoms with Crippen LogP contribution < -0.4 is 10.4 Å². The van der Waals surface area contributed by atoms with Crippen LogP contribution >= 0.6 is 15.9 Å². The molecular weight excluding hydrogens is 316 g/mol. The maximum atomic E-state index is 11.9. The van der Waals surface area contributed by atoms with Crippen molar-refractivity contribution in [1.29, 1.82) is 0 Å². The molecule has 0 atom stereocenters. The van der Waals surface area contributed by atoms with Gasteiger partial charge in [-0.1, -0.05) is 15.9 Å². The molecule has 0 spiro atoms. The molecule has 0 aliphatic rings. The van der Waals surface area contributed by atoms with E-state index in [0.717, 1.165) is 9.48 Å². The number of rotatable bonds is 7. The number of hydrogen-bond acceptors (Lipinski definition) is 3. The van der Waals surface area contributed by atoms with E-state index < -0.39 is 5.97 Å². The Morgan fingerprint density at radius 2 is 1.89 bits per heavy atom. The van der Waals surface area contributed by atoms with Gasteiger partial charge in [-0.3, -0.25) is 19.8 Å². The SMILES string of the molecule is O=CNN(C(=O)CCCC(=O)O)c1ccc(Br)cc1. The van der Waals surface area contributed by atoms with Crippen LogP contribution in [-0.4, -0.2) is 23.4 Å². The summed E-state index contributed by atoms with van der Waals surface area (Å²) >= 11 is 3.27. The fourth-order valence-electron chi connectivity index (χ4n) is 1.44. The first-order valence-electron chi connectivity index (χ1n) is 5.54. The van der Waals surface area contributed by atoms with Gasteiger partial charge in [0.2, 0.25) is 12.3 Å². The number of carboxylic acid groups (broad SMARTS) is 1. The van der Waals surface area contributed by atoms with E-state index in [4.69, 9.17) is 5.11 Å². The Kier molecular flexibility index (Phi) is 6.01. The van der Waals surface area contributed by atoms with Crippen molar-refractivity contribution < 1.29 is 19.5 Å². The maximum absolute atomic E-state index is 11.9. The average Bonchev–Trinajstić information content (AvgIpc) is 2.36. The minimum Gasteiger partial charge on any atom is -0.481 e. The highest BCUT2D eigenvalue weighted by atomic mass is 79.9. The Labute approximate surface area is 118 Å². The van der Waals surface area contributed by atoms with Crippen LogP contribution in [0.5, 0.6) is 0 Å². The van der Waals surface area contributed by atoms with Crippen molar-refractivity contribution in [2.24, 2.45) is 0 Å². The number of hydrazine groups is 1. The average molecular weight is 329 g/mol. The Bertz CT molecular complexity index is 461. The molecule has 7 heteroatoms. The zero-order valence-corrected chi connectivity index (χ0v) is 11.6. The molecule has 6 nitrogen and oxygen atoms in total. The third-order valence-electron chi connectivity index (χ3n) is 2.30. The molecule has 0 aliphatic carbocycles. The van der Waals surface area contributed by atoms with Gasteiger partial charge in [0.25, 0.3) is 0 Å². The van der Waals surface area contributed by atoms with Gasteiger partial charge in [0.05, 0.1) is 5.69 Å². The summed E-state index contributed by atoms with van der Waals surface area (Å²) in [4.78, 5) is 32.8. The smallest absolute Gasteiger partial charge is 0.303 e. The van der Waals surface area contributed by atoms with Crippen molar-refractivity contribution >= 4 is 39.9 Å². The molecule has 0 heterocycles. The lowest BCUT2D eigenvalue weighted by molar-refractivity contribution is -0.137. The monoisotopic (exact) mass is 328 g/mol. The minimum absolute atomic E-state index is 0.0448. The quantitative estimate of drug-likeness (QED) is 0.589. The molecule has 2 amide bonds. The van der Waals surface area contributed by atoms with E-state index in [1.807, 2.05) is 0 Å². The molecule has 1 rings (SSSR count). The molecule has 0 unspecified atom stereocenters. The third-order valence-corrected chi connectivity index (χ3v) is 2.83. The number of carboxylic acids is 1. The predicted octanol–water partition coefficient (Wildman–Crippen LogP) is 1.70. The van der Waals surface area contributed by atoms with Crippen LogP contribution in [0.3, 0.4) is 0 Å². The number of nitrogens with one attached hydrogen (secondary N) is 1. The van der Waals surface area contributed by atoms with Crippen molar-refractivity contribution in [3.8, 4) is 0 Å². The number of carbonyl (C=O) groups excluding carboxylic acids is 2. The molecule has 1 aromatic rings. The van der Waals surface area contributed by atoms with Crippen molar-refractivity contribution in [1.82, 2.24) is 5.43 Å². The zero-order valence-electron chi connectivity index (χ0n) is 10.0. The minimum atomic E-state index is -0.952. The number of carbonyl (C=O) groups is 3. The van der Waals surface area contributed by atoms with Gasteiger partial charge in [0, 0.05) is 17.3 Å².